The summed E-state index contributed by atoms with van der Waals surface area (Å²) in [5.74, 6) is 0.560. The highest BCUT2D eigenvalue weighted by Gasteiger charge is 2.14. The molecule has 0 amide bonds. The van der Waals surface area contributed by atoms with E-state index >= 15 is 0 Å². The summed E-state index contributed by atoms with van der Waals surface area (Å²) in [4.78, 5) is 8.77. The first-order chi connectivity index (χ1) is 10.7. The van der Waals surface area contributed by atoms with Crippen molar-refractivity contribution in [1.82, 2.24) is 19.7 Å². The summed E-state index contributed by atoms with van der Waals surface area (Å²) in [5, 5.41) is 4.36. The molecular weight excluding hydrogens is 344 g/mol. The topological polar surface area (TPSA) is 56.7 Å². The Morgan fingerprint density at radius 2 is 2.09 bits per heavy atom. The summed E-state index contributed by atoms with van der Waals surface area (Å²) >= 11 is 3.35. The Kier molecular flexibility index (Phi) is 3.04. The lowest BCUT2D eigenvalue weighted by Crippen LogP contribution is -1.98. The van der Waals surface area contributed by atoms with Crippen LogP contribution in [0.5, 0.6) is 0 Å². The maximum atomic E-state index is 5.89. The van der Waals surface area contributed by atoms with Crippen molar-refractivity contribution in [3.8, 4) is 17.1 Å². The van der Waals surface area contributed by atoms with Gasteiger partial charge in [0.2, 0.25) is 5.89 Å². The number of hydrogen-bond acceptors (Lipinski definition) is 4. The number of oxazole rings is 1. The Labute approximate surface area is 134 Å². The van der Waals surface area contributed by atoms with E-state index < -0.39 is 0 Å². The Bertz CT molecular complexity index is 973. The number of aryl methyl sites for hydroxylation is 1. The van der Waals surface area contributed by atoms with Crippen molar-refractivity contribution in [2.45, 2.75) is 6.92 Å². The van der Waals surface area contributed by atoms with Crippen molar-refractivity contribution in [2.75, 3.05) is 0 Å². The lowest BCUT2D eigenvalue weighted by atomic mass is 10.2. The molecule has 22 heavy (non-hydrogen) atoms. The van der Waals surface area contributed by atoms with Crippen LogP contribution in [0.4, 0.5) is 0 Å². The van der Waals surface area contributed by atoms with Gasteiger partial charge in [0.15, 0.2) is 5.58 Å². The van der Waals surface area contributed by atoms with Crippen LogP contribution in [-0.4, -0.2) is 19.7 Å². The summed E-state index contributed by atoms with van der Waals surface area (Å²) in [7, 11) is 0. The van der Waals surface area contributed by atoms with Crippen LogP contribution in [-0.2, 0) is 0 Å². The molecule has 3 aromatic heterocycles. The number of halogens is 1. The monoisotopic (exact) mass is 354 g/mol. The SMILES string of the molecule is Cc1ccc2oc(-c3ccncc3-n3ccc(Br)n3)nc2c1. The number of pyridine rings is 1. The first kappa shape index (κ1) is 13.2. The predicted molar refractivity (Wildman–Crippen MR) is 86.8 cm³/mol. The number of nitrogens with zero attached hydrogens (tertiary/aromatic N) is 4. The minimum Gasteiger partial charge on any atom is -0.436 e. The summed E-state index contributed by atoms with van der Waals surface area (Å²) in [6.45, 7) is 2.03. The molecule has 0 atom stereocenters. The normalized spacial score (nSPS) is 11.2. The van der Waals surface area contributed by atoms with Crippen LogP contribution in [0, 0.1) is 6.92 Å². The van der Waals surface area contributed by atoms with E-state index in [2.05, 4.69) is 31.0 Å². The number of hydrogen-bond donors (Lipinski definition) is 0. The summed E-state index contributed by atoms with van der Waals surface area (Å²) < 4.78 is 8.39. The van der Waals surface area contributed by atoms with Crippen LogP contribution in [0.1, 0.15) is 5.56 Å². The first-order valence-corrected chi connectivity index (χ1v) is 7.53. The molecule has 3 heterocycles. The molecule has 0 fully saturated rings. The first-order valence-electron chi connectivity index (χ1n) is 6.74. The molecule has 0 radical (unpaired) electrons. The van der Waals surface area contributed by atoms with E-state index in [1.807, 2.05) is 43.5 Å². The lowest BCUT2D eigenvalue weighted by Gasteiger charge is -2.05. The molecule has 0 aliphatic carbocycles. The fourth-order valence-corrected chi connectivity index (χ4v) is 2.63. The summed E-state index contributed by atoms with van der Waals surface area (Å²) in [5.41, 5.74) is 4.43. The van der Waals surface area contributed by atoms with Gasteiger partial charge in [0.1, 0.15) is 10.1 Å². The van der Waals surface area contributed by atoms with Gasteiger partial charge >= 0.3 is 0 Å². The molecule has 0 N–H and O–H groups in total. The highest BCUT2D eigenvalue weighted by molar-refractivity contribution is 9.10. The van der Waals surface area contributed by atoms with E-state index in [0.29, 0.717) is 5.89 Å². The summed E-state index contributed by atoms with van der Waals surface area (Å²) in [6, 6.07) is 9.70. The standard InChI is InChI=1S/C16H11BrN4O/c1-10-2-3-14-12(8-10)19-16(22-14)11-4-6-18-9-13(11)21-7-5-15(17)20-21/h2-9H,1H3. The second-order valence-electron chi connectivity index (χ2n) is 4.97. The average molecular weight is 355 g/mol. The van der Waals surface area contributed by atoms with Crippen LogP contribution < -0.4 is 0 Å². The Morgan fingerprint density at radius 3 is 2.91 bits per heavy atom. The predicted octanol–water partition coefficient (Wildman–Crippen LogP) is 4.15. The van der Waals surface area contributed by atoms with Crippen molar-refractivity contribution < 1.29 is 4.42 Å². The molecule has 6 heteroatoms. The van der Waals surface area contributed by atoms with Gasteiger partial charge in [-0.25, -0.2) is 9.67 Å². The van der Waals surface area contributed by atoms with E-state index in [0.717, 1.165) is 32.5 Å². The zero-order chi connectivity index (χ0) is 15.1. The van der Waals surface area contributed by atoms with Crippen LogP contribution in [0.25, 0.3) is 28.2 Å². The Balaban J connectivity index is 1.91. The van der Waals surface area contributed by atoms with E-state index in [1.54, 1.807) is 17.1 Å². The van der Waals surface area contributed by atoms with E-state index in [1.165, 1.54) is 0 Å². The molecule has 0 bridgehead atoms. The molecule has 0 unspecified atom stereocenters. The fourth-order valence-electron chi connectivity index (χ4n) is 2.34. The molecule has 1 aromatic carbocycles. The molecule has 0 saturated carbocycles. The van der Waals surface area contributed by atoms with Gasteiger partial charge in [-0.05, 0) is 52.7 Å². The number of fused-ring (bicyclic) bond motifs is 1. The quantitative estimate of drug-likeness (QED) is 0.542. The van der Waals surface area contributed by atoms with Gasteiger partial charge in [-0.3, -0.25) is 4.98 Å². The third kappa shape index (κ3) is 2.21. The average Bonchev–Trinajstić information content (AvgIpc) is 3.13. The van der Waals surface area contributed by atoms with Gasteiger partial charge in [-0.2, -0.15) is 5.10 Å². The number of aromatic nitrogens is 4. The molecule has 0 aliphatic rings. The van der Waals surface area contributed by atoms with Crippen molar-refractivity contribution in [1.29, 1.82) is 0 Å². The Morgan fingerprint density at radius 1 is 1.18 bits per heavy atom. The van der Waals surface area contributed by atoms with Crippen molar-refractivity contribution in [3.05, 3.63) is 59.1 Å². The second-order valence-corrected chi connectivity index (χ2v) is 5.78. The summed E-state index contributed by atoms with van der Waals surface area (Å²) in [6.07, 6.45) is 5.32. The Hall–Kier alpha value is -2.47. The van der Waals surface area contributed by atoms with Crippen molar-refractivity contribution in [2.24, 2.45) is 0 Å². The maximum Gasteiger partial charge on any atom is 0.229 e. The third-order valence-corrected chi connectivity index (χ3v) is 3.80. The van der Waals surface area contributed by atoms with Crippen molar-refractivity contribution >= 4 is 27.0 Å². The van der Waals surface area contributed by atoms with Gasteiger partial charge < -0.3 is 4.42 Å². The molecule has 4 aromatic rings. The molecule has 5 nitrogen and oxygen atoms in total. The van der Waals surface area contributed by atoms with E-state index in [-0.39, 0.29) is 0 Å². The van der Waals surface area contributed by atoms with Gasteiger partial charge in [0.25, 0.3) is 0 Å². The van der Waals surface area contributed by atoms with Gasteiger partial charge in [-0.1, -0.05) is 6.07 Å². The molecule has 0 saturated heterocycles. The number of rotatable bonds is 2. The third-order valence-electron chi connectivity index (χ3n) is 3.38. The van der Waals surface area contributed by atoms with E-state index in [9.17, 15) is 0 Å². The van der Waals surface area contributed by atoms with Crippen LogP contribution in [0.2, 0.25) is 0 Å². The molecule has 108 valence electrons. The zero-order valence-electron chi connectivity index (χ0n) is 11.7. The minimum absolute atomic E-state index is 0.560. The number of benzene rings is 1. The lowest BCUT2D eigenvalue weighted by molar-refractivity contribution is 0.618. The van der Waals surface area contributed by atoms with Crippen LogP contribution in [0.3, 0.4) is 0 Å². The maximum absolute atomic E-state index is 5.89. The highest BCUT2D eigenvalue weighted by atomic mass is 79.9. The molecule has 0 spiro atoms. The van der Waals surface area contributed by atoms with E-state index in [4.69, 9.17) is 4.42 Å². The fraction of sp³-hybridized carbons (Fsp3) is 0.0625. The largest absolute Gasteiger partial charge is 0.436 e. The smallest absolute Gasteiger partial charge is 0.229 e. The molecule has 0 aliphatic heterocycles. The van der Waals surface area contributed by atoms with Gasteiger partial charge in [-0.15, -0.1) is 0 Å². The second kappa shape index (κ2) is 5.06. The molecule has 4 rings (SSSR count). The molecular formula is C16H11BrN4O. The van der Waals surface area contributed by atoms with Gasteiger partial charge in [0, 0.05) is 12.4 Å². The highest BCUT2D eigenvalue weighted by Crippen LogP contribution is 2.29. The van der Waals surface area contributed by atoms with Crippen LogP contribution >= 0.6 is 15.9 Å². The van der Waals surface area contributed by atoms with Crippen molar-refractivity contribution in [3.63, 3.8) is 0 Å². The minimum atomic E-state index is 0.560. The zero-order valence-corrected chi connectivity index (χ0v) is 13.3. The van der Waals surface area contributed by atoms with Gasteiger partial charge in [0.05, 0.1) is 17.4 Å². The van der Waals surface area contributed by atoms with Crippen LogP contribution in [0.15, 0.2) is 57.9 Å².